The van der Waals surface area contributed by atoms with Gasteiger partial charge in [-0.1, -0.05) is 0 Å². The lowest BCUT2D eigenvalue weighted by Crippen LogP contribution is -2.37. The summed E-state index contributed by atoms with van der Waals surface area (Å²) in [6, 6.07) is 4.87. The van der Waals surface area contributed by atoms with Gasteiger partial charge >= 0.3 is 6.18 Å². The van der Waals surface area contributed by atoms with Gasteiger partial charge in [0.15, 0.2) is 0 Å². The van der Waals surface area contributed by atoms with Crippen molar-refractivity contribution in [2.24, 2.45) is 0 Å². The van der Waals surface area contributed by atoms with E-state index in [2.05, 4.69) is 14.7 Å². The number of anilines is 1. The van der Waals surface area contributed by atoms with Crippen LogP contribution in [-0.4, -0.2) is 44.7 Å². The standard InChI is InChI=1S/C16H17F3N4O3S/c17-16(18,19)12-1-3-14(4-2-12)27(24,25)21-11-13-5-6-20-15(22-13)23-7-9-26-10-8-23/h1-6,21H,7-11H2. The van der Waals surface area contributed by atoms with E-state index >= 15 is 0 Å². The number of hydrogen-bond acceptors (Lipinski definition) is 6. The molecule has 1 aromatic carbocycles. The van der Waals surface area contributed by atoms with Crippen molar-refractivity contribution >= 4 is 16.0 Å². The molecule has 2 heterocycles. The van der Waals surface area contributed by atoms with Gasteiger partial charge in [0.25, 0.3) is 0 Å². The van der Waals surface area contributed by atoms with E-state index in [0.717, 1.165) is 24.3 Å². The van der Waals surface area contributed by atoms with Crippen LogP contribution >= 0.6 is 0 Å². The Kier molecular flexibility index (Phi) is 5.63. The number of ether oxygens (including phenoxy) is 1. The van der Waals surface area contributed by atoms with E-state index in [1.165, 1.54) is 6.20 Å². The van der Waals surface area contributed by atoms with Crippen molar-refractivity contribution in [1.29, 1.82) is 0 Å². The maximum absolute atomic E-state index is 12.6. The molecule has 0 saturated carbocycles. The number of nitrogens with one attached hydrogen (secondary N) is 1. The molecule has 0 amide bonds. The predicted octanol–water partition coefficient (Wildman–Crippen LogP) is 1.81. The number of alkyl halides is 3. The van der Waals surface area contributed by atoms with Crippen molar-refractivity contribution in [3.63, 3.8) is 0 Å². The van der Waals surface area contributed by atoms with E-state index in [9.17, 15) is 21.6 Å². The van der Waals surface area contributed by atoms with Crippen LogP contribution in [0.3, 0.4) is 0 Å². The molecule has 2 aromatic rings. The maximum atomic E-state index is 12.6. The fourth-order valence-electron chi connectivity index (χ4n) is 2.47. The minimum atomic E-state index is -4.52. The van der Waals surface area contributed by atoms with Crippen LogP contribution in [0, 0.1) is 0 Å². The highest BCUT2D eigenvalue weighted by atomic mass is 32.2. The molecule has 0 spiro atoms. The summed E-state index contributed by atoms with van der Waals surface area (Å²) in [5, 5.41) is 0. The van der Waals surface area contributed by atoms with Crippen LogP contribution in [0.25, 0.3) is 0 Å². The minimum Gasteiger partial charge on any atom is -0.378 e. The maximum Gasteiger partial charge on any atom is 0.416 e. The molecule has 1 aromatic heterocycles. The minimum absolute atomic E-state index is 0.108. The smallest absolute Gasteiger partial charge is 0.378 e. The molecule has 146 valence electrons. The van der Waals surface area contributed by atoms with E-state index in [1.807, 2.05) is 4.90 Å². The van der Waals surface area contributed by atoms with Crippen molar-refractivity contribution in [1.82, 2.24) is 14.7 Å². The molecule has 7 nitrogen and oxygen atoms in total. The van der Waals surface area contributed by atoms with Crippen LogP contribution in [0.4, 0.5) is 19.1 Å². The average Bonchev–Trinajstić information content (AvgIpc) is 2.67. The highest BCUT2D eigenvalue weighted by molar-refractivity contribution is 7.89. The predicted molar refractivity (Wildman–Crippen MR) is 90.5 cm³/mol. The third kappa shape index (κ3) is 4.93. The van der Waals surface area contributed by atoms with Crippen LogP contribution in [-0.2, 0) is 27.5 Å². The summed E-state index contributed by atoms with van der Waals surface area (Å²) >= 11 is 0. The molecule has 1 fully saturated rings. The second-order valence-electron chi connectivity index (χ2n) is 5.79. The quantitative estimate of drug-likeness (QED) is 0.821. The summed E-state index contributed by atoms with van der Waals surface area (Å²) in [6.45, 7) is 2.30. The Morgan fingerprint density at radius 1 is 1.11 bits per heavy atom. The number of halogens is 3. The van der Waals surface area contributed by atoms with Gasteiger partial charge in [-0.3, -0.25) is 0 Å². The van der Waals surface area contributed by atoms with Crippen molar-refractivity contribution in [2.75, 3.05) is 31.2 Å². The lowest BCUT2D eigenvalue weighted by molar-refractivity contribution is -0.137. The van der Waals surface area contributed by atoms with E-state index in [4.69, 9.17) is 4.74 Å². The van der Waals surface area contributed by atoms with Gasteiger partial charge in [0.1, 0.15) is 0 Å². The van der Waals surface area contributed by atoms with Crippen molar-refractivity contribution in [3.8, 4) is 0 Å². The van der Waals surface area contributed by atoms with Crippen LogP contribution in [0.2, 0.25) is 0 Å². The number of hydrogen-bond donors (Lipinski definition) is 1. The molecule has 0 aliphatic carbocycles. The van der Waals surface area contributed by atoms with Gasteiger partial charge in [-0.05, 0) is 30.3 Å². The second-order valence-corrected chi connectivity index (χ2v) is 7.56. The molecule has 3 rings (SSSR count). The highest BCUT2D eigenvalue weighted by Gasteiger charge is 2.30. The number of benzene rings is 1. The summed E-state index contributed by atoms with van der Waals surface area (Å²) in [7, 11) is -3.97. The Labute approximate surface area is 154 Å². The second kappa shape index (κ2) is 7.79. The van der Waals surface area contributed by atoms with Gasteiger partial charge < -0.3 is 9.64 Å². The summed E-state index contributed by atoms with van der Waals surface area (Å²) in [5.41, 5.74) is -0.464. The largest absolute Gasteiger partial charge is 0.416 e. The molecule has 1 aliphatic rings. The van der Waals surface area contributed by atoms with Gasteiger partial charge in [-0.2, -0.15) is 13.2 Å². The van der Waals surface area contributed by atoms with Crippen molar-refractivity contribution in [3.05, 3.63) is 47.8 Å². The molecule has 0 unspecified atom stereocenters. The molecule has 0 radical (unpaired) electrons. The molecule has 1 saturated heterocycles. The topological polar surface area (TPSA) is 84.4 Å². The van der Waals surface area contributed by atoms with Crippen LogP contribution < -0.4 is 9.62 Å². The van der Waals surface area contributed by atoms with Crippen LogP contribution in [0.1, 0.15) is 11.3 Å². The monoisotopic (exact) mass is 402 g/mol. The fourth-order valence-corrected chi connectivity index (χ4v) is 3.47. The first-order valence-corrected chi connectivity index (χ1v) is 9.55. The van der Waals surface area contributed by atoms with Gasteiger partial charge in [0, 0.05) is 19.3 Å². The first-order valence-electron chi connectivity index (χ1n) is 8.07. The Bertz CT molecular complexity index is 883. The summed E-state index contributed by atoms with van der Waals surface area (Å²) in [6.07, 6.45) is -2.99. The molecule has 1 N–H and O–H groups in total. The van der Waals surface area contributed by atoms with Crippen LogP contribution in [0.15, 0.2) is 41.4 Å². The summed E-state index contributed by atoms with van der Waals surface area (Å²) in [4.78, 5) is 10.2. The molecule has 11 heteroatoms. The number of nitrogens with zero attached hydrogens (tertiary/aromatic N) is 3. The molecule has 1 aliphatic heterocycles. The Hall–Kier alpha value is -2.24. The Balaban J connectivity index is 1.68. The van der Waals surface area contributed by atoms with Gasteiger partial charge in [-0.25, -0.2) is 23.1 Å². The van der Waals surface area contributed by atoms with Crippen molar-refractivity contribution < 1.29 is 26.3 Å². The van der Waals surface area contributed by atoms with E-state index in [0.29, 0.717) is 37.9 Å². The van der Waals surface area contributed by atoms with Gasteiger partial charge in [-0.15, -0.1) is 0 Å². The fraction of sp³-hybridized carbons (Fsp3) is 0.375. The average molecular weight is 402 g/mol. The van der Waals surface area contributed by atoms with Crippen LogP contribution in [0.5, 0.6) is 0 Å². The van der Waals surface area contributed by atoms with E-state index in [1.54, 1.807) is 6.07 Å². The lowest BCUT2D eigenvalue weighted by Gasteiger charge is -2.26. The third-order valence-electron chi connectivity index (χ3n) is 3.93. The zero-order valence-electron chi connectivity index (χ0n) is 14.1. The molecular weight excluding hydrogens is 385 g/mol. The zero-order valence-corrected chi connectivity index (χ0v) is 14.9. The number of rotatable bonds is 5. The number of sulfonamides is 1. The first kappa shape index (κ1) is 19.5. The number of morpholine rings is 1. The highest BCUT2D eigenvalue weighted by Crippen LogP contribution is 2.29. The van der Waals surface area contributed by atoms with Gasteiger partial charge in [0.05, 0.1) is 35.9 Å². The first-order chi connectivity index (χ1) is 12.8. The van der Waals surface area contributed by atoms with E-state index in [-0.39, 0.29) is 11.4 Å². The number of aromatic nitrogens is 2. The molecule has 0 atom stereocenters. The third-order valence-corrected chi connectivity index (χ3v) is 5.35. The zero-order chi connectivity index (χ0) is 19.5. The SMILES string of the molecule is O=S(=O)(NCc1ccnc(N2CCOCC2)n1)c1ccc(C(F)(F)F)cc1. The summed E-state index contributed by atoms with van der Waals surface area (Å²) < 4.78 is 69.9. The summed E-state index contributed by atoms with van der Waals surface area (Å²) in [5.74, 6) is 0.476. The molecular formula is C16H17F3N4O3S. The Morgan fingerprint density at radius 2 is 1.78 bits per heavy atom. The normalized spacial score (nSPS) is 15.7. The molecule has 0 bridgehead atoms. The van der Waals surface area contributed by atoms with Crippen molar-refractivity contribution in [2.45, 2.75) is 17.6 Å². The Morgan fingerprint density at radius 3 is 2.41 bits per heavy atom. The lowest BCUT2D eigenvalue weighted by atomic mass is 10.2. The molecule has 27 heavy (non-hydrogen) atoms. The van der Waals surface area contributed by atoms with Gasteiger partial charge in [0.2, 0.25) is 16.0 Å². The van der Waals surface area contributed by atoms with E-state index < -0.39 is 21.8 Å².